The molecule has 2 amide bonds. The van der Waals surface area contributed by atoms with Gasteiger partial charge in [-0.3, -0.25) is 9.59 Å². The molecule has 1 fully saturated rings. The Hall–Kier alpha value is -2.82. The number of nitrogens with one attached hydrogen (secondary N) is 1. The van der Waals surface area contributed by atoms with E-state index in [4.69, 9.17) is 4.74 Å². The first kappa shape index (κ1) is 23.8. The molecule has 1 saturated carbocycles. The molecule has 0 saturated heterocycles. The Morgan fingerprint density at radius 2 is 1.75 bits per heavy atom. The van der Waals surface area contributed by atoms with Gasteiger partial charge in [0.2, 0.25) is 5.91 Å². The van der Waals surface area contributed by atoms with Gasteiger partial charge in [0.25, 0.3) is 5.91 Å². The molecular formula is C27H36N2O3. The number of rotatable bonds is 8. The molecule has 32 heavy (non-hydrogen) atoms. The third kappa shape index (κ3) is 6.35. The molecule has 172 valence electrons. The van der Waals surface area contributed by atoms with Crippen LogP contribution in [0.4, 0.5) is 0 Å². The average molecular weight is 437 g/mol. The van der Waals surface area contributed by atoms with Gasteiger partial charge in [0.15, 0.2) is 6.61 Å². The number of carbonyl (C=O) groups is 2. The highest BCUT2D eigenvalue weighted by Gasteiger charge is 2.28. The van der Waals surface area contributed by atoms with Crippen LogP contribution in [0.1, 0.15) is 61.3 Å². The molecule has 0 radical (unpaired) electrons. The van der Waals surface area contributed by atoms with Crippen LogP contribution < -0.4 is 10.1 Å². The van der Waals surface area contributed by atoms with Crippen molar-refractivity contribution in [3.8, 4) is 5.75 Å². The molecule has 1 N–H and O–H groups in total. The van der Waals surface area contributed by atoms with Gasteiger partial charge in [-0.05, 0) is 63.3 Å². The second-order valence-electron chi connectivity index (χ2n) is 9.03. The fourth-order valence-corrected chi connectivity index (χ4v) is 4.31. The van der Waals surface area contributed by atoms with Crippen molar-refractivity contribution in [2.45, 2.75) is 78.4 Å². The monoisotopic (exact) mass is 436 g/mol. The van der Waals surface area contributed by atoms with Crippen molar-refractivity contribution >= 4 is 11.8 Å². The topological polar surface area (TPSA) is 58.6 Å². The van der Waals surface area contributed by atoms with Crippen molar-refractivity contribution in [2.75, 3.05) is 6.61 Å². The fourth-order valence-electron chi connectivity index (χ4n) is 4.31. The van der Waals surface area contributed by atoms with Gasteiger partial charge < -0.3 is 15.0 Å². The summed E-state index contributed by atoms with van der Waals surface area (Å²) >= 11 is 0. The molecular weight excluding hydrogens is 400 g/mol. The van der Waals surface area contributed by atoms with Crippen LogP contribution in [0.15, 0.2) is 42.5 Å². The highest BCUT2D eigenvalue weighted by Crippen LogP contribution is 2.21. The number of aryl methyl sites for hydroxylation is 3. The molecule has 0 aromatic heterocycles. The summed E-state index contributed by atoms with van der Waals surface area (Å²) in [7, 11) is 0. The van der Waals surface area contributed by atoms with Crippen LogP contribution >= 0.6 is 0 Å². The van der Waals surface area contributed by atoms with E-state index < -0.39 is 6.04 Å². The lowest BCUT2D eigenvalue weighted by molar-refractivity contribution is -0.142. The van der Waals surface area contributed by atoms with E-state index in [1.807, 2.05) is 70.2 Å². The van der Waals surface area contributed by atoms with Crippen molar-refractivity contribution in [2.24, 2.45) is 0 Å². The van der Waals surface area contributed by atoms with Gasteiger partial charge in [-0.1, -0.05) is 61.2 Å². The summed E-state index contributed by atoms with van der Waals surface area (Å²) in [6, 6.07) is 13.5. The molecule has 0 unspecified atom stereocenters. The molecule has 0 heterocycles. The first-order valence-corrected chi connectivity index (χ1v) is 11.7. The van der Waals surface area contributed by atoms with Gasteiger partial charge in [0.05, 0.1) is 0 Å². The van der Waals surface area contributed by atoms with Crippen LogP contribution in [-0.2, 0) is 16.1 Å². The van der Waals surface area contributed by atoms with Crippen LogP contribution in [0.5, 0.6) is 5.75 Å². The van der Waals surface area contributed by atoms with Crippen molar-refractivity contribution in [3.63, 3.8) is 0 Å². The first-order valence-electron chi connectivity index (χ1n) is 11.7. The minimum absolute atomic E-state index is 0.0923. The Morgan fingerprint density at radius 1 is 1.03 bits per heavy atom. The lowest BCUT2D eigenvalue weighted by Gasteiger charge is -2.31. The predicted molar refractivity (Wildman–Crippen MR) is 128 cm³/mol. The maximum Gasteiger partial charge on any atom is 0.261 e. The summed E-state index contributed by atoms with van der Waals surface area (Å²) in [6.45, 7) is 8.11. The van der Waals surface area contributed by atoms with Crippen LogP contribution in [0.2, 0.25) is 0 Å². The molecule has 3 rings (SSSR count). The summed E-state index contributed by atoms with van der Waals surface area (Å²) in [4.78, 5) is 28.0. The smallest absolute Gasteiger partial charge is 0.261 e. The van der Waals surface area contributed by atoms with E-state index in [-0.39, 0.29) is 24.5 Å². The zero-order chi connectivity index (χ0) is 23.1. The molecule has 0 bridgehead atoms. The van der Waals surface area contributed by atoms with Gasteiger partial charge in [0, 0.05) is 12.6 Å². The minimum atomic E-state index is -0.577. The number of ether oxygens (including phenoxy) is 1. The van der Waals surface area contributed by atoms with E-state index in [9.17, 15) is 9.59 Å². The third-order valence-electron chi connectivity index (χ3n) is 6.40. The molecule has 1 aliphatic carbocycles. The highest BCUT2D eigenvalue weighted by atomic mass is 16.5. The van der Waals surface area contributed by atoms with Crippen LogP contribution in [0.3, 0.4) is 0 Å². The molecule has 1 atom stereocenters. The Kier molecular flexibility index (Phi) is 8.32. The lowest BCUT2D eigenvalue weighted by Crippen LogP contribution is -2.51. The second-order valence-corrected chi connectivity index (χ2v) is 9.03. The van der Waals surface area contributed by atoms with E-state index in [2.05, 4.69) is 5.32 Å². The van der Waals surface area contributed by atoms with Gasteiger partial charge in [0.1, 0.15) is 11.8 Å². The summed E-state index contributed by atoms with van der Waals surface area (Å²) in [5.41, 5.74) is 4.27. The van der Waals surface area contributed by atoms with Gasteiger partial charge in [-0.15, -0.1) is 0 Å². The molecule has 0 spiro atoms. The minimum Gasteiger partial charge on any atom is -0.483 e. The van der Waals surface area contributed by atoms with Gasteiger partial charge >= 0.3 is 0 Å². The van der Waals surface area contributed by atoms with Crippen LogP contribution in [-0.4, -0.2) is 35.4 Å². The Balaban J connectivity index is 1.73. The zero-order valence-corrected chi connectivity index (χ0v) is 19.8. The number of benzene rings is 2. The van der Waals surface area contributed by atoms with Crippen molar-refractivity contribution in [1.29, 1.82) is 0 Å². The predicted octanol–water partition coefficient (Wildman–Crippen LogP) is 4.86. The number of hydrogen-bond acceptors (Lipinski definition) is 3. The number of carbonyl (C=O) groups excluding carboxylic acids is 2. The average Bonchev–Trinajstić information content (AvgIpc) is 2.78. The van der Waals surface area contributed by atoms with E-state index in [0.29, 0.717) is 12.3 Å². The van der Waals surface area contributed by atoms with E-state index in [1.54, 1.807) is 4.90 Å². The SMILES string of the molecule is Cc1ccc(OCC(=O)N(Cc2ccccc2C)[C@H](C)C(=O)NC2CCCCC2)c(C)c1. The van der Waals surface area contributed by atoms with E-state index >= 15 is 0 Å². The maximum absolute atomic E-state index is 13.3. The number of nitrogens with zero attached hydrogens (tertiary/aromatic N) is 1. The number of hydrogen-bond donors (Lipinski definition) is 1. The van der Waals surface area contributed by atoms with E-state index in [0.717, 1.165) is 47.9 Å². The Morgan fingerprint density at radius 3 is 2.44 bits per heavy atom. The standard InChI is InChI=1S/C27H36N2O3/c1-19-14-15-25(21(3)16-19)32-18-26(30)29(17-23-11-9-8-10-20(23)2)22(4)27(31)28-24-12-6-5-7-13-24/h8-11,14-16,22,24H,5-7,12-13,17-18H2,1-4H3,(H,28,31)/t22-/m1/s1. The first-order chi connectivity index (χ1) is 15.3. The molecule has 5 heteroatoms. The second kappa shape index (κ2) is 11.2. The molecule has 2 aromatic carbocycles. The number of amides is 2. The summed E-state index contributed by atoms with van der Waals surface area (Å²) in [6.07, 6.45) is 5.56. The Labute approximate surface area is 192 Å². The van der Waals surface area contributed by atoms with Crippen molar-refractivity contribution in [1.82, 2.24) is 10.2 Å². The fraction of sp³-hybridized carbons (Fsp3) is 0.481. The highest BCUT2D eigenvalue weighted by molar-refractivity contribution is 5.88. The van der Waals surface area contributed by atoms with Crippen molar-refractivity contribution in [3.05, 3.63) is 64.7 Å². The maximum atomic E-state index is 13.3. The summed E-state index contributed by atoms with van der Waals surface area (Å²) < 4.78 is 5.86. The summed E-state index contributed by atoms with van der Waals surface area (Å²) in [5.74, 6) is 0.406. The largest absolute Gasteiger partial charge is 0.483 e. The quantitative estimate of drug-likeness (QED) is 0.643. The third-order valence-corrected chi connectivity index (χ3v) is 6.40. The van der Waals surface area contributed by atoms with Gasteiger partial charge in [-0.2, -0.15) is 0 Å². The van der Waals surface area contributed by atoms with E-state index in [1.165, 1.54) is 6.42 Å². The molecule has 2 aromatic rings. The van der Waals surface area contributed by atoms with Crippen LogP contribution in [0, 0.1) is 20.8 Å². The zero-order valence-electron chi connectivity index (χ0n) is 19.8. The van der Waals surface area contributed by atoms with Crippen LogP contribution in [0.25, 0.3) is 0 Å². The summed E-state index contributed by atoms with van der Waals surface area (Å²) in [5, 5.41) is 3.17. The van der Waals surface area contributed by atoms with Crippen molar-refractivity contribution < 1.29 is 14.3 Å². The molecule has 1 aliphatic rings. The molecule has 5 nitrogen and oxygen atoms in total. The Bertz CT molecular complexity index is 934. The molecule has 0 aliphatic heterocycles. The lowest BCUT2D eigenvalue weighted by atomic mass is 9.95. The normalized spacial score (nSPS) is 15.1. The van der Waals surface area contributed by atoms with Gasteiger partial charge in [-0.25, -0.2) is 0 Å².